The lowest BCUT2D eigenvalue weighted by atomic mass is 10.0. The molecule has 0 saturated carbocycles. The predicted molar refractivity (Wildman–Crippen MR) is 81.5 cm³/mol. The van der Waals surface area contributed by atoms with Gasteiger partial charge >= 0.3 is 0 Å². The molecule has 0 fully saturated rings. The fourth-order valence-corrected chi connectivity index (χ4v) is 2.40. The second-order valence-corrected chi connectivity index (χ2v) is 5.34. The molecule has 3 nitrogen and oxygen atoms in total. The highest BCUT2D eigenvalue weighted by atomic mass is 35.5. The van der Waals surface area contributed by atoms with Crippen LogP contribution < -0.4 is 9.47 Å². The van der Waals surface area contributed by atoms with E-state index >= 15 is 0 Å². The molecule has 1 aliphatic rings. The lowest BCUT2D eigenvalue weighted by Crippen LogP contribution is -2.15. The summed E-state index contributed by atoms with van der Waals surface area (Å²) in [5, 5.41) is 0.705. The molecule has 1 heterocycles. The maximum Gasteiger partial charge on any atom is 0.163 e. The van der Waals surface area contributed by atoms with E-state index in [1.807, 2.05) is 24.3 Å². The van der Waals surface area contributed by atoms with Gasteiger partial charge in [-0.2, -0.15) is 0 Å². The Balaban J connectivity index is 1.66. The first kappa shape index (κ1) is 14.0. The number of hydrogen-bond donors (Lipinski definition) is 0. The Bertz CT molecular complexity index is 650. The van der Waals surface area contributed by atoms with Crippen LogP contribution in [-0.4, -0.2) is 19.0 Å². The Hall–Kier alpha value is -2.00. The third-order valence-corrected chi connectivity index (χ3v) is 3.67. The molecule has 0 radical (unpaired) electrons. The SMILES string of the molecule is O=C(CCc1ccc(Cl)cc1)c1ccc2c(c1)OCCO2. The van der Waals surface area contributed by atoms with E-state index in [1.54, 1.807) is 18.2 Å². The van der Waals surface area contributed by atoms with Crippen LogP contribution in [0.3, 0.4) is 0 Å². The topological polar surface area (TPSA) is 35.5 Å². The average molecular weight is 303 g/mol. The van der Waals surface area contributed by atoms with Gasteiger partial charge in [-0.25, -0.2) is 0 Å². The standard InChI is InChI=1S/C17H15ClO3/c18-14-5-1-12(2-6-14)3-7-15(19)13-4-8-16-17(11-13)21-10-9-20-16/h1-2,4-6,8,11H,3,7,9-10H2. The fourth-order valence-electron chi connectivity index (χ4n) is 2.27. The number of Topliss-reactive ketones (excluding diaryl/α,β-unsaturated/α-hetero) is 1. The minimum absolute atomic E-state index is 0.0990. The van der Waals surface area contributed by atoms with Crippen molar-refractivity contribution < 1.29 is 14.3 Å². The van der Waals surface area contributed by atoms with Crippen molar-refractivity contribution in [1.82, 2.24) is 0 Å². The van der Waals surface area contributed by atoms with Crippen LogP contribution in [0.15, 0.2) is 42.5 Å². The zero-order valence-electron chi connectivity index (χ0n) is 11.5. The molecule has 0 N–H and O–H groups in total. The van der Waals surface area contributed by atoms with E-state index in [9.17, 15) is 4.79 Å². The van der Waals surface area contributed by atoms with Crippen LogP contribution in [0.5, 0.6) is 11.5 Å². The quantitative estimate of drug-likeness (QED) is 0.803. The van der Waals surface area contributed by atoms with Crippen LogP contribution in [0.2, 0.25) is 5.02 Å². The van der Waals surface area contributed by atoms with Gasteiger partial charge in [0, 0.05) is 17.0 Å². The largest absolute Gasteiger partial charge is 0.486 e. The molecule has 108 valence electrons. The lowest BCUT2D eigenvalue weighted by Gasteiger charge is -2.18. The molecular formula is C17H15ClO3. The molecule has 2 aromatic carbocycles. The van der Waals surface area contributed by atoms with Crippen LogP contribution in [0.4, 0.5) is 0 Å². The van der Waals surface area contributed by atoms with Crippen molar-refractivity contribution in [3.05, 3.63) is 58.6 Å². The summed E-state index contributed by atoms with van der Waals surface area (Å²) in [6, 6.07) is 12.9. The maximum absolute atomic E-state index is 12.2. The van der Waals surface area contributed by atoms with Crippen LogP contribution in [-0.2, 0) is 6.42 Å². The molecular weight excluding hydrogens is 288 g/mol. The van der Waals surface area contributed by atoms with E-state index in [4.69, 9.17) is 21.1 Å². The maximum atomic E-state index is 12.2. The second-order valence-electron chi connectivity index (χ2n) is 4.91. The van der Waals surface area contributed by atoms with Crippen molar-refractivity contribution in [3.63, 3.8) is 0 Å². The number of rotatable bonds is 4. The number of ether oxygens (including phenoxy) is 2. The van der Waals surface area contributed by atoms with Crippen LogP contribution in [0.1, 0.15) is 22.3 Å². The van der Waals surface area contributed by atoms with E-state index in [2.05, 4.69) is 0 Å². The highest BCUT2D eigenvalue weighted by molar-refractivity contribution is 6.30. The molecule has 0 amide bonds. The summed E-state index contributed by atoms with van der Waals surface area (Å²) in [4.78, 5) is 12.2. The van der Waals surface area contributed by atoms with E-state index in [0.717, 1.165) is 5.56 Å². The van der Waals surface area contributed by atoms with Crippen molar-refractivity contribution in [2.75, 3.05) is 13.2 Å². The van der Waals surface area contributed by atoms with Crippen molar-refractivity contribution in [3.8, 4) is 11.5 Å². The van der Waals surface area contributed by atoms with Crippen LogP contribution >= 0.6 is 11.6 Å². The van der Waals surface area contributed by atoms with Crippen molar-refractivity contribution in [2.45, 2.75) is 12.8 Å². The normalized spacial score (nSPS) is 13.0. The van der Waals surface area contributed by atoms with E-state index in [1.165, 1.54) is 0 Å². The average Bonchev–Trinajstić information content (AvgIpc) is 2.53. The third-order valence-electron chi connectivity index (χ3n) is 3.42. The number of aryl methyl sites for hydroxylation is 1. The number of carbonyl (C=O) groups is 1. The number of carbonyl (C=O) groups excluding carboxylic acids is 1. The summed E-state index contributed by atoms with van der Waals surface area (Å²) >= 11 is 5.85. The first-order valence-corrected chi connectivity index (χ1v) is 7.27. The monoisotopic (exact) mass is 302 g/mol. The molecule has 0 unspecified atom stereocenters. The Labute approximate surface area is 128 Å². The number of benzene rings is 2. The highest BCUT2D eigenvalue weighted by Gasteiger charge is 2.14. The molecule has 0 aromatic heterocycles. The van der Waals surface area contributed by atoms with Gasteiger partial charge in [0.25, 0.3) is 0 Å². The molecule has 21 heavy (non-hydrogen) atoms. The molecule has 0 saturated heterocycles. The molecule has 4 heteroatoms. The zero-order chi connectivity index (χ0) is 14.7. The van der Waals surface area contributed by atoms with Crippen molar-refractivity contribution in [2.24, 2.45) is 0 Å². The second kappa shape index (κ2) is 6.19. The van der Waals surface area contributed by atoms with Crippen LogP contribution in [0, 0.1) is 0 Å². The predicted octanol–water partition coefficient (Wildman–Crippen LogP) is 3.93. The fraction of sp³-hybridized carbons (Fsp3) is 0.235. The van der Waals surface area contributed by atoms with Gasteiger partial charge in [0.15, 0.2) is 17.3 Å². The molecule has 3 rings (SSSR count). The summed E-state index contributed by atoms with van der Waals surface area (Å²) in [5.41, 5.74) is 1.76. The lowest BCUT2D eigenvalue weighted by molar-refractivity contribution is 0.0981. The first-order chi connectivity index (χ1) is 10.2. The number of hydrogen-bond acceptors (Lipinski definition) is 3. The van der Waals surface area contributed by atoms with Gasteiger partial charge in [-0.3, -0.25) is 4.79 Å². The Kier molecular flexibility index (Phi) is 4.11. The van der Waals surface area contributed by atoms with Gasteiger partial charge in [-0.05, 0) is 42.3 Å². The third kappa shape index (κ3) is 3.37. The van der Waals surface area contributed by atoms with Crippen molar-refractivity contribution >= 4 is 17.4 Å². The van der Waals surface area contributed by atoms with Crippen LogP contribution in [0.25, 0.3) is 0 Å². The molecule has 0 atom stereocenters. The summed E-state index contributed by atoms with van der Waals surface area (Å²) < 4.78 is 10.9. The van der Waals surface area contributed by atoms with Gasteiger partial charge in [-0.1, -0.05) is 23.7 Å². The number of ketones is 1. The first-order valence-electron chi connectivity index (χ1n) is 6.90. The summed E-state index contributed by atoms with van der Waals surface area (Å²) in [6.45, 7) is 1.08. The molecule has 0 aliphatic carbocycles. The molecule has 0 bridgehead atoms. The van der Waals surface area contributed by atoms with Crippen molar-refractivity contribution in [1.29, 1.82) is 0 Å². The molecule has 1 aliphatic heterocycles. The number of halogens is 1. The number of fused-ring (bicyclic) bond motifs is 1. The van der Waals surface area contributed by atoms with Gasteiger partial charge in [0.1, 0.15) is 13.2 Å². The molecule has 2 aromatic rings. The minimum Gasteiger partial charge on any atom is -0.486 e. The summed E-state index contributed by atoms with van der Waals surface area (Å²) in [6.07, 6.45) is 1.16. The Morgan fingerprint density at radius 2 is 1.71 bits per heavy atom. The van der Waals surface area contributed by atoms with E-state index in [0.29, 0.717) is 48.1 Å². The van der Waals surface area contributed by atoms with E-state index < -0.39 is 0 Å². The zero-order valence-corrected chi connectivity index (χ0v) is 12.2. The van der Waals surface area contributed by atoms with Gasteiger partial charge < -0.3 is 9.47 Å². The Morgan fingerprint density at radius 1 is 1.00 bits per heavy atom. The van der Waals surface area contributed by atoms with E-state index in [-0.39, 0.29) is 5.78 Å². The van der Waals surface area contributed by atoms with Gasteiger partial charge in [0.05, 0.1) is 0 Å². The highest BCUT2D eigenvalue weighted by Crippen LogP contribution is 2.31. The molecule has 0 spiro atoms. The summed E-state index contributed by atoms with van der Waals surface area (Å²) in [7, 11) is 0. The van der Waals surface area contributed by atoms with Gasteiger partial charge in [0.2, 0.25) is 0 Å². The van der Waals surface area contributed by atoms with Gasteiger partial charge in [-0.15, -0.1) is 0 Å². The summed E-state index contributed by atoms with van der Waals surface area (Å²) in [5.74, 6) is 1.45. The smallest absolute Gasteiger partial charge is 0.163 e. The Morgan fingerprint density at radius 3 is 2.48 bits per heavy atom. The minimum atomic E-state index is 0.0990.